The van der Waals surface area contributed by atoms with Gasteiger partial charge < -0.3 is 10.6 Å². The van der Waals surface area contributed by atoms with E-state index >= 15 is 0 Å². The maximum atomic E-state index is 11.1. The number of nitrogens with one attached hydrogen (secondary N) is 2. The van der Waals surface area contributed by atoms with Crippen LogP contribution in [0.1, 0.15) is 36.2 Å². The lowest BCUT2D eigenvalue weighted by Gasteiger charge is -2.14. The maximum Gasteiger partial charge on any atom is 0.221 e. The second-order valence-corrected chi connectivity index (χ2v) is 5.83. The number of hydrogen-bond donors (Lipinski definition) is 2. The van der Waals surface area contributed by atoms with Crippen molar-refractivity contribution in [3.05, 3.63) is 45.9 Å². The van der Waals surface area contributed by atoms with Gasteiger partial charge in [0.25, 0.3) is 0 Å². The third-order valence-electron chi connectivity index (χ3n) is 2.96. The van der Waals surface area contributed by atoms with Gasteiger partial charge in [0.1, 0.15) is 0 Å². The molecule has 1 amide bonds. The molecule has 0 unspecified atom stereocenters. The number of nitrogens with zero attached hydrogens (tertiary/aromatic N) is 1. The quantitative estimate of drug-likeness (QED) is 0.888. The van der Waals surface area contributed by atoms with E-state index in [-0.39, 0.29) is 11.9 Å². The normalized spacial score (nSPS) is 12.2. The minimum absolute atomic E-state index is 0.0549. The average Bonchev–Trinajstić information content (AvgIpc) is 2.81. The zero-order valence-corrected chi connectivity index (χ0v) is 12.8. The van der Waals surface area contributed by atoms with Crippen LogP contribution in [0, 0.1) is 6.92 Å². The molecule has 0 saturated heterocycles. The minimum Gasteiger partial charge on any atom is -0.326 e. The number of amides is 1. The molecule has 2 N–H and O–H groups in total. The van der Waals surface area contributed by atoms with E-state index in [0.717, 1.165) is 28.5 Å². The summed E-state index contributed by atoms with van der Waals surface area (Å²) in [5.41, 5.74) is 3.04. The van der Waals surface area contributed by atoms with Gasteiger partial charge in [0, 0.05) is 30.6 Å². The number of aryl methyl sites for hydroxylation is 1. The van der Waals surface area contributed by atoms with Gasteiger partial charge in [-0.1, -0.05) is 12.1 Å². The predicted octanol–water partition coefficient (Wildman–Crippen LogP) is 3.26. The van der Waals surface area contributed by atoms with Crippen LogP contribution in [-0.4, -0.2) is 10.9 Å². The highest BCUT2D eigenvalue weighted by Gasteiger charge is 2.07. The molecule has 1 aromatic carbocycles. The van der Waals surface area contributed by atoms with Crippen LogP contribution >= 0.6 is 11.3 Å². The molecule has 106 valence electrons. The summed E-state index contributed by atoms with van der Waals surface area (Å²) in [4.78, 5) is 15.5. The van der Waals surface area contributed by atoms with E-state index in [2.05, 4.69) is 34.0 Å². The monoisotopic (exact) mass is 289 g/mol. The molecule has 0 spiro atoms. The molecule has 1 heterocycles. The van der Waals surface area contributed by atoms with Crippen LogP contribution in [0.2, 0.25) is 0 Å². The Labute approximate surface area is 123 Å². The van der Waals surface area contributed by atoms with Crippen molar-refractivity contribution >= 4 is 22.9 Å². The van der Waals surface area contributed by atoms with Gasteiger partial charge in [0.05, 0.1) is 10.7 Å². The molecular weight excluding hydrogens is 270 g/mol. The number of carbonyl (C=O) groups excluding carboxylic acids is 1. The molecule has 0 aliphatic carbocycles. The van der Waals surface area contributed by atoms with Gasteiger partial charge in [-0.15, -0.1) is 11.3 Å². The van der Waals surface area contributed by atoms with Crippen LogP contribution < -0.4 is 10.6 Å². The second-order valence-electron chi connectivity index (χ2n) is 4.77. The van der Waals surface area contributed by atoms with Gasteiger partial charge >= 0.3 is 0 Å². The van der Waals surface area contributed by atoms with Crippen LogP contribution in [0.5, 0.6) is 0 Å². The Morgan fingerprint density at radius 2 is 2.25 bits per heavy atom. The summed E-state index contributed by atoms with van der Waals surface area (Å²) in [5, 5.41) is 9.40. The van der Waals surface area contributed by atoms with Gasteiger partial charge in [0.2, 0.25) is 5.91 Å². The number of anilines is 1. The molecule has 20 heavy (non-hydrogen) atoms. The van der Waals surface area contributed by atoms with E-state index in [1.54, 1.807) is 11.3 Å². The molecule has 0 aliphatic heterocycles. The first-order valence-electron chi connectivity index (χ1n) is 6.56. The fourth-order valence-electron chi connectivity index (χ4n) is 1.95. The topological polar surface area (TPSA) is 54.0 Å². The molecule has 0 aliphatic rings. The van der Waals surface area contributed by atoms with Crippen LogP contribution in [0.4, 0.5) is 5.69 Å². The van der Waals surface area contributed by atoms with Crippen LogP contribution in [-0.2, 0) is 11.3 Å². The first kappa shape index (κ1) is 14.7. The smallest absolute Gasteiger partial charge is 0.221 e. The highest BCUT2D eigenvalue weighted by Crippen LogP contribution is 2.18. The Kier molecular flexibility index (Phi) is 4.87. The van der Waals surface area contributed by atoms with Gasteiger partial charge in [-0.05, 0) is 31.5 Å². The SMILES string of the molecule is CC(=O)Nc1cccc([C@H](C)NCc2csc(C)n2)c1. The molecule has 5 heteroatoms. The Balaban J connectivity index is 1.97. The van der Waals surface area contributed by atoms with Gasteiger partial charge in [-0.25, -0.2) is 4.98 Å². The van der Waals surface area contributed by atoms with Gasteiger partial charge in [-0.3, -0.25) is 4.79 Å². The van der Waals surface area contributed by atoms with Crippen molar-refractivity contribution in [1.82, 2.24) is 10.3 Å². The number of benzene rings is 1. The van der Waals surface area contributed by atoms with Crippen LogP contribution in [0.25, 0.3) is 0 Å². The third kappa shape index (κ3) is 4.15. The third-order valence-corrected chi connectivity index (χ3v) is 3.79. The lowest BCUT2D eigenvalue weighted by Crippen LogP contribution is -2.18. The Bertz CT molecular complexity index is 594. The fraction of sp³-hybridized carbons (Fsp3) is 0.333. The number of hydrogen-bond acceptors (Lipinski definition) is 4. The molecule has 0 bridgehead atoms. The highest BCUT2D eigenvalue weighted by molar-refractivity contribution is 7.09. The highest BCUT2D eigenvalue weighted by atomic mass is 32.1. The molecule has 2 aromatic rings. The molecule has 0 fully saturated rings. The molecular formula is C15H19N3OS. The second kappa shape index (κ2) is 6.63. The van der Waals surface area contributed by atoms with Crippen LogP contribution in [0.15, 0.2) is 29.6 Å². The fourth-order valence-corrected chi connectivity index (χ4v) is 2.57. The number of carbonyl (C=O) groups is 1. The van der Waals surface area contributed by atoms with Crippen molar-refractivity contribution in [2.75, 3.05) is 5.32 Å². The summed E-state index contributed by atoms with van der Waals surface area (Å²) in [5.74, 6) is -0.0549. The van der Waals surface area contributed by atoms with E-state index in [4.69, 9.17) is 0 Å². The molecule has 2 rings (SSSR count). The first-order chi connectivity index (χ1) is 9.54. The van der Waals surface area contributed by atoms with Crippen molar-refractivity contribution in [2.45, 2.75) is 33.4 Å². The number of rotatable bonds is 5. The molecule has 0 saturated carbocycles. The summed E-state index contributed by atoms with van der Waals surface area (Å²) >= 11 is 1.66. The molecule has 0 radical (unpaired) electrons. The molecule has 1 aromatic heterocycles. The number of aromatic nitrogens is 1. The predicted molar refractivity (Wildman–Crippen MR) is 82.9 cm³/mol. The van der Waals surface area contributed by atoms with Crippen molar-refractivity contribution < 1.29 is 4.79 Å². The number of thiazole rings is 1. The molecule has 1 atom stereocenters. The van der Waals surface area contributed by atoms with Gasteiger partial charge in [-0.2, -0.15) is 0 Å². The Morgan fingerprint density at radius 3 is 2.90 bits per heavy atom. The lowest BCUT2D eigenvalue weighted by molar-refractivity contribution is -0.114. The van der Waals surface area contributed by atoms with Crippen molar-refractivity contribution in [3.63, 3.8) is 0 Å². The van der Waals surface area contributed by atoms with E-state index in [9.17, 15) is 4.79 Å². The Hall–Kier alpha value is -1.72. The summed E-state index contributed by atoms with van der Waals surface area (Å²) in [6.07, 6.45) is 0. The maximum absolute atomic E-state index is 11.1. The average molecular weight is 289 g/mol. The van der Waals surface area contributed by atoms with Crippen molar-refractivity contribution in [2.24, 2.45) is 0 Å². The standard InChI is InChI=1S/C15H19N3OS/c1-10(16-8-15-9-20-12(3)18-15)13-5-4-6-14(7-13)17-11(2)19/h4-7,9-10,16H,8H2,1-3H3,(H,17,19)/t10-/m0/s1. The first-order valence-corrected chi connectivity index (χ1v) is 7.44. The lowest BCUT2D eigenvalue weighted by atomic mass is 10.1. The summed E-state index contributed by atoms with van der Waals surface area (Å²) in [6.45, 7) is 6.37. The van der Waals surface area contributed by atoms with E-state index < -0.39 is 0 Å². The van der Waals surface area contributed by atoms with Crippen LogP contribution in [0.3, 0.4) is 0 Å². The zero-order valence-electron chi connectivity index (χ0n) is 11.9. The summed E-state index contributed by atoms with van der Waals surface area (Å²) in [7, 11) is 0. The minimum atomic E-state index is -0.0549. The van der Waals surface area contributed by atoms with E-state index in [1.807, 2.05) is 25.1 Å². The Morgan fingerprint density at radius 1 is 1.45 bits per heavy atom. The van der Waals surface area contributed by atoms with E-state index in [1.165, 1.54) is 6.92 Å². The van der Waals surface area contributed by atoms with Crippen molar-refractivity contribution in [1.29, 1.82) is 0 Å². The summed E-state index contributed by atoms with van der Waals surface area (Å²) in [6, 6.07) is 8.08. The molecule has 4 nitrogen and oxygen atoms in total. The largest absolute Gasteiger partial charge is 0.326 e. The van der Waals surface area contributed by atoms with E-state index in [0.29, 0.717) is 0 Å². The summed E-state index contributed by atoms with van der Waals surface area (Å²) < 4.78 is 0. The zero-order chi connectivity index (χ0) is 14.5. The van der Waals surface area contributed by atoms with Gasteiger partial charge in [0.15, 0.2) is 0 Å². The van der Waals surface area contributed by atoms with Crippen molar-refractivity contribution in [3.8, 4) is 0 Å².